The predicted molar refractivity (Wildman–Crippen MR) is 121 cm³/mol. The first-order valence-corrected chi connectivity index (χ1v) is 12.0. The summed E-state index contributed by atoms with van der Waals surface area (Å²) < 4.78 is 0.992. The van der Waals surface area contributed by atoms with Crippen molar-refractivity contribution in [2.75, 3.05) is 0 Å². The minimum absolute atomic E-state index is 0. The van der Waals surface area contributed by atoms with Crippen LogP contribution in [-0.2, 0) is 4.79 Å². The monoisotopic (exact) mass is 463 g/mol. The van der Waals surface area contributed by atoms with E-state index in [0.717, 1.165) is 35.8 Å². The molecule has 5 nitrogen and oxygen atoms in total. The third kappa shape index (κ3) is 5.09. The van der Waals surface area contributed by atoms with E-state index in [9.17, 15) is 19.8 Å². The molecule has 1 aromatic carbocycles. The number of allylic oxidation sites excluding steroid dienone is 2. The number of phenolic OH excluding ortho intramolecular Hbond substituents is 1. The number of rotatable bonds is 8. The zero-order valence-electron chi connectivity index (χ0n) is 19.1. The van der Waals surface area contributed by atoms with E-state index >= 15 is 0 Å². The SMILES string of the molecule is CC1(C)[C@H]2C[C@H](C/C=C\CCCC(=O)[O-])C(NC(=O)c3csc4ccc(O)cc34)[C@@H]1C2.[Na+]. The number of thiophene rings is 1. The number of carboxylic acids is 1. The molecule has 0 saturated heterocycles. The van der Waals surface area contributed by atoms with Gasteiger partial charge in [-0.15, -0.1) is 11.3 Å². The van der Waals surface area contributed by atoms with Gasteiger partial charge in [-0.05, 0) is 79.9 Å². The van der Waals surface area contributed by atoms with Crippen LogP contribution in [0.1, 0.15) is 62.7 Å². The van der Waals surface area contributed by atoms with Gasteiger partial charge in [-0.1, -0.05) is 26.0 Å². The maximum atomic E-state index is 13.2. The Bertz CT molecular complexity index is 1010. The van der Waals surface area contributed by atoms with Crippen LogP contribution in [0.4, 0.5) is 0 Å². The van der Waals surface area contributed by atoms with Crippen molar-refractivity contribution < 1.29 is 49.4 Å². The minimum atomic E-state index is -1.000. The van der Waals surface area contributed by atoms with E-state index in [4.69, 9.17) is 0 Å². The number of aliphatic carboxylic acids is 1. The van der Waals surface area contributed by atoms with Crippen LogP contribution in [0.25, 0.3) is 10.1 Å². The molecule has 3 fully saturated rings. The second kappa shape index (κ2) is 10.3. The Hall–Kier alpha value is -1.34. The molecule has 2 aromatic rings. The van der Waals surface area contributed by atoms with Gasteiger partial charge in [0.2, 0.25) is 0 Å². The zero-order valence-corrected chi connectivity index (χ0v) is 21.9. The maximum Gasteiger partial charge on any atom is 1.00 e. The number of amides is 1. The van der Waals surface area contributed by atoms with Crippen LogP contribution in [0.2, 0.25) is 0 Å². The number of nitrogens with one attached hydrogen (secondary N) is 1. The summed E-state index contributed by atoms with van der Waals surface area (Å²) in [5, 5.41) is 26.4. The fraction of sp³-hybridized carbons (Fsp3) is 0.520. The molecule has 2 N–H and O–H groups in total. The summed E-state index contributed by atoms with van der Waals surface area (Å²) in [6.07, 6.45) is 8.79. The van der Waals surface area contributed by atoms with Crippen LogP contribution < -0.4 is 40.0 Å². The second-order valence-corrected chi connectivity index (χ2v) is 10.6. The Morgan fingerprint density at radius 3 is 2.78 bits per heavy atom. The van der Waals surface area contributed by atoms with Gasteiger partial charge >= 0.3 is 29.6 Å². The summed E-state index contributed by atoms with van der Waals surface area (Å²) in [4.78, 5) is 23.8. The Kier molecular flexibility index (Phi) is 8.13. The number of hydrogen-bond acceptors (Lipinski definition) is 5. The Morgan fingerprint density at radius 1 is 1.28 bits per heavy atom. The number of benzene rings is 1. The van der Waals surface area contributed by atoms with Crippen LogP contribution >= 0.6 is 11.3 Å². The molecule has 0 radical (unpaired) electrons. The Labute approximate surface area is 215 Å². The molecule has 1 unspecified atom stereocenters. The average Bonchev–Trinajstić information content (AvgIpc) is 3.13. The van der Waals surface area contributed by atoms with Crippen LogP contribution in [-0.4, -0.2) is 23.0 Å². The topological polar surface area (TPSA) is 89.5 Å². The normalized spacial score (nSPS) is 25.8. The molecule has 3 saturated carbocycles. The fourth-order valence-electron chi connectivity index (χ4n) is 5.54. The van der Waals surface area contributed by atoms with Crippen molar-refractivity contribution in [3.05, 3.63) is 41.3 Å². The van der Waals surface area contributed by atoms with Crippen molar-refractivity contribution in [2.24, 2.45) is 23.2 Å². The first-order chi connectivity index (χ1) is 14.8. The number of carboxylic acid groups (broad SMARTS) is 1. The number of carbonyl (C=O) groups is 2. The summed E-state index contributed by atoms with van der Waals surface area (Å²) >= 11 is 1.52. The van der Waals surface area contributed by atoms with Crippen molar-refractivity contribution in [2.45, 2.75) is 58.4 Å². The Balaban J connectivity index is 0.00000289. The van der Waals surface area contributed by atoms with E-state index in [1.54, 1.807) is 12.1 Å². The van der Waals surface area contributed by atoms with Crippen molar-refractivity contribution in [1.82, 2.24) is 5.32 Å². The molecule has 4 atom stereocenters. The van der Waals surface area contributed by atoms with Gasteiger partial charge in [0.25, 0.3) is 5.91 Å². The summed E-state index contributed by atoms with van der Waals surface area (Å²) in [6.45, 7) is 4.63. The van der Waals surface area contributed by atoms with Crippen molar-refractivity contribution in [3.8, 4) is 5.75 Å². The first kappa shape index (κ1) is 25.3. The third-order valence-electron chi connectivity index (χ3n) is 7.53. The second-order valence-electron chi connectivity index (χ2n) is 9.66. The molecule has 3 aliphatic carbocycles. The average molecular weight is 464 g/mol. The molecular formula is C25H30NNaO4S. The molecule has 1 aromatic heterocycles. The summed E-state index contributed by atoms with van der Waals surface area (Å²) in [5.74, 6) is 0.649. The van der Waals surface area contributed by atoms with Crippen molar-refractivity contribution in [1.29, 1.82) is 0 Å². The van der Waals surface area contributed by atoms with E-state index in [0.29, 0.717) is 29.7 Å². The molecule has 0 aliphatic heterocycles. The number of carbonyl (C=O) groups excluding carboxylic acids is 2. The summed E-state index contributed by atoms with van der Waals surface area (Å²) in [5.41, 5.74) is 0.869. The number of aromatic hydroxyl groups is 1. The molecule has 32 heavy (non-hydrogen) atoms. The standard InChI is InChI=1S/C25H31NO4S.Na/c1-25(2)16-11-15(7-5-3-4-6-8-22(28)29)23(20(25)12-16)26-24(30)19-14-31-21-10-9-17(27)13-18(19)21;/h3,5,9-10,13-16,20,23,27H,4,6-8,11-12H2,1-2H3,(H,26,30)(H,28,29);/q;+1/p-1/b5-3-;/t15-,16-,20-,23?;/m0./s1. The largest absolute Gasteiger partial charge is 1.00 e. The number of fused-ring (bicyclic) bond motifs is 3. The smallest absolute Gasteiger partial charge is 0.550 e. The quantitative estimate of drug-likeness (QED) is 0.350. The van der Waals surface area contributed by atoms with Gasteiger partial charge < -0.3 is 20.3 Å². The summed E-state index contributed by atoms with van der Waals surface area (Å²) in [6, 6.07) is 5.28. The number of phenols is 1. The molecule has 3 aliphatic rings. The maximum absolute atomic E-state index is 13.2. The molecule has 5 rings (SSSR count). The van der Waals surface area contributed by atoms with E-state index in [1.807, 2.05) is 11.4 Å². The van der Waals surface area contributed by atoms with E-state index in [2.05, 4.69) is 31.3 Å². The molecular weight excluding hydrogens is 433 g/mol. The number of unbranched alkanes of at least 4 members (excludes halogenated alkanes) is 1. The number of hydrogen-bond donors (Lipinski definition) is 2. The molecule has 0 spiro atoms. The van der Waals surface area contributed by atoms with Crippen LogP contribution in [0.3, 0.4) is 0 Å². The van der Waals surface area contributed by atoms with Gasteiger partial charge in [-0.25, -0.2) is 0 Å². The molecule has 2 bridgehead atoms. The zero-order chi connectivity index (χ0) is 22.2. The van der Waals surface area contributed by atoms with Crippen molar-refractivity contribution in [3.63, 3.8) is 0 Å². The molecule has 7 heteroatoms. The predicted octanol–water partition coefficient (Wildman–Crippen LogP) is 1.26. The van der Waals surface area contributed by atoms with Crippen LogP contribution in [0.5, 0.6) is 5.75 Å². The van der Waals surface area contributed by atoms with E-state index in [1.165, 1.54) is 11.3 Å². The van der Waals surface area contributed by atoms with E-state index in [-0.39, 0.29) is 59.1 Å². The van der Waals surface area contributed by atoms with Crippen LogP contribution in [0, 0.1) is 23.2 Å². The van der Waals surface area contributed by atoms with Gasteiger partial charge in [0.1, 0.15) is 5.75 Å². The fourth-order valence-corrected chi connectivity index (χ4v) is 6.46. The molecule has 166 valence electrons. The van der Waals surface area contributed by atoms with Gasteiger partial charge in [-0.2, -0.15) is 0 Å². The minimum Gasteiger partial charge on any atom is -0.550 e. The van der Waals surface area contributed by atoms with Gasteiger partial charge in [0, 0.05) is 27.5 Å². The first-order valence-electron chi connectivity index (χ1n) is 11.1. The van der Waals surface area contributed by atoms with Crippen molar-refractivity contribution >= 4 is 33.3 Å². The molecule has 1 amide bonds. The van der Waals surface area contributed by atoms with Crippen LogP contribution in [0.15, 0.2) is 35.7 Å². The van der Waals surface area contributed by atoms with Gasteiger partial charge in [0.15, 0.2) is 0 Å². The third-order valence-corrected chi connectivity index (χ3v) is 8.50. The molecule has 1 heterocycles. The van der Waals surface area contributed by atoms with Gasteiger partial charge in [-0.3, -0.25) is 4.79 Å². The summed E-state index contributed by atoms with van der Waals surface area (Å²) in [7, 11) is 0. The Morgan fingerprint density at radius 2 is 2.06 bits per heavy atom. The van der Waals surface area contributed by atoms with E-state index < -0.39 is 5.97 Å². The van der Waals surface area contributed by atoms with Gasteiger partial charge in [0.05, 0.1) is 5.56 Å².